The molecule has 2 N–H and O–H groups in total. The molecule has 1 saturated heterocycles. The molecule has 0 radical (unpaired) electrons. The van der Waals surface area contributed by atoms with Crippen molar-refractivity contribution in [2.45, 2.75) is 25.3 Å². The maximum absolute atomic E-state index is 12.7. The topological polar surface area (TPSA) is 78.9 Å². The Bertz CT molecular complexity index is 573. The number of likely N-dealkylation sites (tertiary alicyclic amines) is 1. The summed E-state index contributed by atoms with van der Waals surface area (Å²) in [7, 11) is 0. The van der Waals surface area contributed by atoms with E-state index in [1.165, 1.54) is 4.90 Å². The maximum Gasteiger partial charge on any atom is 0.326 e. The number of rotatable bonds is 2. The van der Waals surface area contributed by atoms with Gasteiger partial charge in [-0.2, -0.15) is 0 Å². The average molecular weight is 290 g/mol. The van der Waals surface area contributed by atoms with Gasteiger partial charge in [-0.15, -0.1) is 0 Å². The van der Waals surface area contributed by atoms with E-state index in [4.69, 9.17) is 4.74 Å². The highest BCUT2D eigenvalue weighted by atomic mass is 16.5. The molecule has 0 spiro atoms. The molecule has 0 saturated carbocycles. The van der Waals surface area contributed by atoms with Crippen molar-refractivity contribution in [2.75, 3.05) is 25.0 Å². The van der Waals surface area contributed by atoms with Crippen LogP contribution in [0.2, 0.25) is 0 Å². The Kier molecular flexibility index (Phi) is 3.68. The highest BCUT2D eigenvalue weighted by Gasteiger charge is 2.34. The van der Waals surface area contributed by atoms with E-state index in [1.54, 1.807) is 12.1 Å². The number of amides is 1. The van der Waals surface area contributed by atoms with Crippen molar-refractivity contribution >= 4 is 17.6 Å². The Labute approximate surface area is 122 Å². The van der Waals surface area contributed by atoms with Crippen molar-refractivity contribution < 1.29 is 19.4 Å². The van der Waals surface area contributed by atoms with Gasteiger partial charge in [0, 0.05) is 13.1 Å². The summed E-state index contributed by atoms with van der Waals surface area (Å²) < 4.78 is 5.60. The van der Waals surface area contributed by atoms with Gasteiger partial charge in [0.1, 0.15) is 12.6 Å². The zero-order valence-corrected chi connectivity index (χ0v) is 11.7. The average Bonchev–Trinajstić information content (AvgIpc) is 2.53. The van der Waals surface area contributed by atoms with Crippen LogP contribution in [0.1, 0.15) is 29.6 Å². The monoisotopic (exact) mass is 290 g/mol. The minimum atomic E-state index is -0.938. The third kappa shape index (κ3) is 2.53. The molecule has 1 atom stereocenters. The summed E-state index contributed by atoms with van der Waals surface area (Å²) in [4.78, 5) is 25.6. The molecule has 1 aromatic rings. The van der Waals surface area contributed by atoms with Gasteiger partial charge < -0.3 is 20.1 Å². The van der Waals surface area contributed by atoms with E-state index in [-0.39, 0.29) is 5.91 Å². The molecular weight excluding hydrogens is 272 g/mol. The first kappa shape index (κ1) is 13.7. The molecule has 1 amide bonds. The van der Waals surface area contributed by atoms with E-state index in [1.807, 2.05) is 6.07 Å². The fraction of sp³-hybridized carbons (Fsp3) is 0.467. The minimum absolute atomic E-state index is 0.261. The van der Waals surface area contributed by atoms with Gasteiger partial charge in [-0.3, -0.25) is 4.79 Å². The van der Waals surface area contributed by atoms with E-state index in [0.717, 1.165) is 18.5 Å². The lowest BCUT2D eigenvalue weighted by Gasteiger charge is -2.33. The van der Waals surface area contributed by atoms with E-state index in [9.17, 15) is 14.7 Å². The quantitative estimate of drug-likeness (QED) is 0.864. The Morgan fingerprint density at radius 3 is 3.00 bits per heavy atom. The molecule has 21 heavy (non-hydrogen) atoms. The lowest BCUT2D eigenvalue weighted by atomic mass is 10.0. The van der Waals surface area contributed by atoms with Crippen molar-refractivity contribution in [3.8, 4) is 5.75 Å². The van der Waals surface area contributed by atoms with Crippen LogP contribution in [-0.4, -0.2) is 47.6 Å². The molecule has 1 fully saturated rings. The van der Waals surface area contributed by atoms with Gasteiger partial charge in [-0.1, -0.05) is 6.07 Å². The molecule has 2 aliphatic heterocycles. The number of anilines is 1. The lowest BCUT2D eigenvalue weighted by Crippen LogP contribution is -2.48. The van der Waals surface area contributed by atoms with Crippen molar-refractivity contribution in [3.63, 3.8) is 0 Å². The van der Waals surface area contributed by atoms with Crippen molar-refractivity contribution in [1.29, 1.82) is 0 Å². The number of nitrogens with zero attached hydrogens (tertiary/aromatic N) is 1. The Balaban J connectivity index is 1.92. The van der Waals surface area contributed by atoms with Crippen LogP contribution in [-0.2, 0) is 4.79 Å². The standard InChI is InChI=1S/C15H18N2O4/c18-14(17-8-2-1-6-12(17)15(19)20)10-4-3-5-11-13(10)21-9-7-16-11/h3-5,12,16H,1-2,6-9H2,(H,19,20)/t12-/m1/s1. The smallest absolute Gasteiger partial charge is 0.326 e. The number of nitrogens with one attached hydrogen (secondary N) is 1. The molecule has 0 unspecified atom stereocenters. The first-order chi connectivity index (χ1) is 10.2. The SMILES string of the molecule is O=C(O)[C@H]1CCCCN1C(=O)c1cccc2c1OCCN2. The Morgan fingerprint density at radius 2 is 2.19 bits per heavy atom. The minimum Gasteiger partial charge on any atom is -0.489 e. The van der Waals surface area contributed by atoms with Gasteiger partial charge in [0.2, 0.25) is 0 Å². The van der Waals surface area contributed by atoms with Crippen molar-refractivity contribution in [2.24, 2.45) is 0 Å². The third-order valence-corrected chi connectivity index (χ3v) is 3.96. The molecule has 2 aliphatic rings. The molecular formula is C15H18N2O4. The normalized spacial score (nSPS) is 21.0. The number of carboxylic acid groups (broad SMARTS) is 1. The van der Waals surface area contributed by atoms with Gasteiger partial charge in [0.25, 0.3) is 5.91 Å². The van der Waals surface area contributed by atoms with Crippen LogP contribution in [0.3, 0.4) is 0 Å². The summed E-state index contributed by atoms with van der Waals surface area (Å²) in [6, 6.07) is 4.60. The molecule has 6 heteroatoms. The van der Waals surface area contributed by atoms with Crippen LogP contribution in [0, 0.1) is 0 Å². The first-order valence-corrected chi connectivity index (χ1v) is 7.22. The fourth-order valence-corrected chi connectivity index (χ4v) is 2.93. The van der Waals surface area contributed by atoms with E-state index < -0.39 is 12.0 Å². The lowest BCUT2D eigenvalue weighted by molar-refractivity contribution is -0.143. The second-order valence-electron chi connectivity index (χ2n) is 5.31. The van der Waals surface area contributed by atoms with Crippen molar-refractivity contribution in [1.82, 2.24) is 4.90 Å². The number of carboxylic acids is 1. The molecule has 1 aromatic carbocycles. The molecule has 112 valence electrons. The van der Waals surface area contributed by atoms with Gasteiger partial charge in [0.15, 0.2) is 5.75 Å². The molecule has 0 bridgehead atoms. The number of para-hydroxylation sites is 1. The number of carbonyl (C=O) groups excluding carboxylic acids is 1. The van der Waals surface area contributed by atoms with Crippen LogP contribution < -0.4 is 10.1 Å². The molecule has 3 rings (SSSR count). The molecule has 0 aliphatic carbocycles. The molecule has 0 aromatic heterocycles. The largest absolute Gasteiger partial charge is 0.489 e. The van der Waals surface area contributed by atoms with Gasteiger partial charge in [-0.05, 0) is 31.4 Å². The number of benzene rings is 1. The van der Waals surface area contributed by atoms with Crippen LogP contribution in [0.15, 0.2) is 18.2 Å². The number of carbonyl (C=O) groups is 2. The first-order valence-electron chi connectivity index (χ1n) is 7.22. The fourth-order valence-electron chi connectivity index (χ4n) is 2.93. The van der Waals surface area contributed by atoms with Gasteiger partial charge in [0.05, 0.1) is 11.3 Å². The van der Waals surface area contributed by atoms with Gasteiger partial charge in [-0.25, -0.2) is 4.79 Å². The second kappa shape index (κ2) is 5.63. The predicted molar refractivity (Wildman–Crippen MR) is 76.7 cm³/mol. The summed E-state index contributed by atoms with van der Waals surface area (Å²) in [6.45, 7) is 1.68. The zero-order chi connectivity index (χ0) is 14.8. The number of aliphatic carboxylic acids is 1. The van der Waals surface area contributed by atoms with Crippen LogP contribution in [0.4, 0.5) is 5.69 Å². The maximum atomic E-state index is 12.7. The van der Waals surface area contributed by atoms with Gasteiger partial charge >= 0.3 is 5.97 Å². The summed E-state index contributed by atoms with van der Waals surface area (Å²) in [5, 5.41) is 12.5. The number of hydrogen-bond donors (Lipinski definition) is 2. The number of piperidine rings is 1. The number of ether oxygens (including phenoxy) is 1. The summed E-state index contributed by atoms with van der Waals surface area (Å²) in [5.74, 6) is -0.669. The third-order valence-electron chi connectivity index (χ3n) is 3.96. The highest BCUT2D eigenvalue weighted by molar-refractivity contribution is 6.00. The molecule has 6 nitrogen and oxygen atoms in total. The van der Waals surface area contributed by atoms with Crippen LogP contribution in [0.25, 0.3) is 0 Å². The van der Waals surface area contributed by atoms with E-state index in [2.05, 4.69) is 5.32 Å². The second-order valence-corrected chi connectivity index (χ2v) is 5.31. The van der Waals surface area contributed by atoms with Crippen LogP contribution >= 0.6 is 0 Å². The number of fused-ring (bicyclic) bond motifs is 1. The summed E-state index contributed by atoms with van der Waals surface area (Å²) in [5.41, 5.74) is 1.23. The van der Waals surface area contributed by atoms with Crippen LogP contribution in [0.5, 0.6) is 5.75 Å². The number of hydrogen-bond acceptors (Lipinski definition) is 4. The Hall–Kier alpha value is -2.24. The summed E-state index contributed by atoms with van der Waals surface area (Å²) in [6.07, 6.45) is 2.19. The molecule has 2 heterocycles. The van der Waals surface area contributed by atoms with Crippen molar-refractivity contribution in [3.05, 3.63) is 23.8 Å². The highest BCUT2D eigenvalue weighted by Crippen LogP contribution is 2.33. The van der Waals surface area contributed by atoms with E-state index in [0.29, 0.717) is 37.4 Å². The zero-order valence-electron chi connectivity index (χ0n) is 11.7. The summed E-state index contributed by atoms with van der Waals surface area (Å²) >= 11 is 0. The van der Waals surface area contributed by atoms with E-state index >= 15 is 0 Å². The Morgan fingerprint density at radius 1 is 1.33 bits per heavy atom. The predicted octanol–water partition coefficient (Wildman–Crippen LogP) is 1.57.